The Bertz CT molecular complexity index is 787. The maximum Gasteiger partial charge on any atom is 0.243 e. The van der Waals surface area contributed by atoms with Gasteiger partial charge in [-0.25, -0.2) is 13.1 Å². The highest BCUT2D eigenvalue weighted by molar-refractivity contribution is 7.88. The maximum absolute atomic E-state index is 12.1. The van der Waals surface area contributed by atoms with E-state index in [4.69, 9.17) is 16.1 Å². The first-order chi connectivity index (χ1) is 10.7. The molecule has 2 aromatic rings. The highest BCUT2D eigenvalue weighted by Crippen LogP contribution is 2.12. The standard InChI is InChI=1S/C14H16ClN3O4S/c1-9-7-13(17-22-9)16-14(19)10(2)18-23(20,21)8-11-3-5-12(15)6-4-11/h3-7,10,18H,8H2,1-2H3,(H,16,17,19)/t10-/m1/s1. The Balaban J connectivity index is 1.95. The summed E-state index contributed by atoms with van der Waals surface area (Å²) in [6.07, 6.45) is 0. The maximum atomic E-state index is 12.1. The number of aromatic nitrogens is 1. The number of carbonyl (C=O) groups excluding carboxylic acids is 1. The van der Waals surface area contributed by atoms with E-state index in [1.54, 1.807) is 31.2 Å². The quantitative estimate of drug-likeness (QED) is 0.824. The van der Waals surface area contributed by atoms with Gasteiger partial charge in [0.1, 0.15) is 5.76 Å². The van der Waals surface area contributed by atoms with Gasteiger partial charge in [0, 0.05) is 11.1 Å². The molecule has 9 heteroatoms. The molecule has 0 radical (unpaired) electrons. The van der Waals surface area contributed by atoms with Crippen LogP contribution in [0.1, 0.15) is 18.2 Å². The van der Waals surface area contributed by atoms with E-state index in [0.717, 1.165) is 0 Å². The normalized spacial score (nSPS) is 12.8. The van der Waals surface area contributed by atoms with Crippen LogP contribution in [0.25, 0.3) is 0 Å². The molecular weight excluding hydrogens is 342 g/mol. The number of nitrogens with one attached hydrogen (secondary N) is 2. The molecule has 1 heterocycles. The minimum Gasteiger partial charge on any atom is -0.360 e. The Morgan fingerprint density at radius 3 is 2.57 bits per heavy atom. The number of anilines is 1. The second-order valence-corrected chi connectivity index (χ2v) is 7.23. The first kappa shape index (κ1) is 17.5. The fourth-order valence-corrected chi connectivity index (χ4v) is 3.31. The molecule has 0 unspecified atom stereocenters. The van der Waals surface area contributed by atoms with Crippen LogP contribution in [0.4, 0.5) is 5.82 Å². The predicted molar refractivity (Wildman–Crippen MR) is 86.5 cm³/mol. The Labute approximate surface area is 139 Å². The van der Waals surface area contributed by atoms with Crippen LogP contribution in [0.15, 0.2) is 34.9 Å². The third-order valence-corrected chi connectivity index (χ3v) is 4.58. The average molecular weight is 358 g/mol. The van der Waals surface area contributed by atoms with E-state index < -0.39 is 22.0 Å². The summed E-state index contributed by atoms with van der Waals surface area (Å²) in [7, 11) is -3.68. The number of carbonyl (C=O) groups is 1. The van der Waals surface area contributed by atoms with Crippen molar-refractivity contribution in [3.05, 3.63) is 46.7 Å². The van der Waals surface area contributed by atoms with E-state index in [2.05, 4.69) is 15.2 Å². The zero-order valence-electron chi connectivity index (χ0n) is 12.5. The summed E-state index contributed by atoms with van der Waals surface area (Å²) in [5, 5.41) is 6.61. The van der Waals surface area contributed by atoms with Gasteiger partial charge in [-0.05, 0) is 31.5 Å². The van der Waals surface area contributed by atoms with Crippen molar-refractivity contribution in [3.8, 4) is 0 Å². The largest absolute Gasteiger partial charge is 0.360 e. The number of hydrogen-bond donors (Lipinski definition) is 2. The molecule has 2 N–H and O–H groups in total. The molecule has 0 aliphatic rings. The number of aryl methyl sites for hydroxylation is 1. The number of amides is 1. The fourth-order valence-electron chi connectivity index (χ4n) is 1.82. The molecule has 124 valence electrons. The Hall–Kier alpha value is -1.90. The van der Waals surface area contributed by atoms with E-state index in [1.807, 2.05) is 0 Å². The lowest BCUT2D eigenvalue weighted by atomic mass is 10.2. The number of rotatable bonds is 6. The van der Waals surface area contributed by atoms with Crippen LogP contribution in [0.2, 0.25) is 5.02 Å². The average Bonchev–Trinajstić information content (AvgIpc) is 2.86. The van der Waals surface area contributed by atoms with Crippen LogP contribution in [0.3, 0.4) is 0 Å². The van der Waals surface area contributed by atoms with Crippen molar-refractivity contribution in [1.82, 2.24) is 9.88 Å². The molecule has 0 spiro atoms. The minimum atomic E-state index is -3.68. The minimum absolute atomic E-state index is 0.233. The molecule has 0 aliphatic heterocycles. The molecule has 0 aliphatic carbocycles. The molecule has 1 amide bonds. The lowest BCUT2D eigenvalue weighted by Gasteiger charge is -2.13. The molecule has 0 saturated heterocycles. The predicted octanol–water partition coefficient (Wildman–Crippen LogP) is 2.08. The second-order valence-electron chi connectivity index (χ2n) is 5.04. The van der Waals surface area contributed by atoms with Crippen molar-refractivity contribution in [2.45, 2.75) is 25.6 Å². The first-order valence-electron chi connectivity index (χ1n) is 6.74. The summed E-state index contributed by atoms with van der Waals surface area (Å²) in [5.41, 5.74) is 0.571. The topological polar surface area (TPSA) is 101 Å². The Morgan fingerprint density at radius 1 is 1.35 bits per heavy atom. The van der Waals surface area contributed by atoms with Crippen molar-refractivity contribution >= 4 is 33.3 Å². The molecule has 0 saturated carbocycles. The summed E-state index contributed by atoms with van der Waals surface area (Å²) in [6, 6.07) is 7.02. The van der Waals surface area contributed by atoms with Gasteiger partial charge in [-0.3, -0.25) is 4.79 Å². The van der Waals surface area contributed by atoms with E-state index in [1.165, 1.54) is 13.0 Å². The molecule has 7 nitrogen and oxygen atoms in total. The van der Waals surface area contributed by atoms with Crippen LogP contribution in [0.5, 0.6) is 0 Å². The van der Waals surface area contributed by atoms with Crippen molar-refractivity contribution < 1.29 is 17.7 Å². The van der Waals surface area contributed by atoms with Gasteiger partial charge in [-0.2, -0.15) is 0 Å². The van der Waals surface area contributed by atoms with Crippen LogP contribution in [0, 0.1) is 6.92 Å². The molecule has 1 aromatic carbocycles. The highest BCUT2D eigenvalue weighted by atomic mass is 35.5. The molecule has 23 heavy (non-hydrogen) atoms. The van der Waals surface area contributed by atoms with Crippen LogP contribution < -0.4 is 10.0 Å². The monoisotopic (exact) mass is 357 g/mol. The van der Waals surface area contributed by atoms with Gasteiger partial charge in [-0.1, -0.05) is 28.9 Å². The number of halogens is 1. The molecule has 0 bridgehead atoms. The van der Waals surface area contributed by atoms with Crippen molar-refractivity contribution in [2.24, 2.45) is 0 Å². The van der Waals surface area contributed by atoms with Crippen molar-refractivity contribution in [1.29, 1.82) is 0 Å². The number of nitrogens with zero attached hydrogens (tertiary/aromatic N) is 1. The van der Waals surface area contributed by atoms with Gasteiger partial charge in [0.2, 0.25) is 15.9 Å². The number of hydrogen-bond acceptors (Lipinski definition) is 5. The van der Waals surface area contributed by atoms with Crippen molar-refractivity contribution in [3.63, 3.8) is 0 Å². The molecule has 1 aromatic heterocycles. The van der Waals surface area contributed by atoms with Crippen LogP contribution in [-0.4, -0.2) is 25.5 Å². The van der Waals surface area contributed by atoms with E-state index in [0.29, 0.717) is 16.3 Å². The SMILES string of the molecule is Cc1cc(NC(=O)[C@@H](C)NS(=O)(=O)Cc2ccc(Cl)cc2)no1. The summed E-state index contributed by atoms with van der Waals surface area (Å²) in [4.78, 5) is 12.0. The number of benzene rings is 1. The molecule has 2 rings (SSSR count). The van der Waals surface area contributed by atoms with Gasteiger partial charge < -0.3 is 9.84 Å². The van der Waals surface area contributed by atoms with Gasteiger partial charge in [0.15, 0.2) is 5.82 Å². The van der Waals surface area contributed by atoms with Gasteiger partial charge in [0.25, 0.3) is 0 Å². The number of sulfonamides is 1. The Morgan fingerprint density at radius 2 is 2.00 bits per heavy atom. The molecular formula is C14H16ClN3O4S. The summed E-state index contributed by atoms with van der Waals surface area (Å²) in [6.45, 7) is 3.13. The summed E-state index contributed by atoms with van der Waals surface area (Å²) < 4.78 is 31.3. The van der Waals surface area contributed by atoms with E-state index >= 15 is 0 Å². The van der Waals surface area contributed by atoms with Gasteiger partial charge in [0.05, 0.1) is 11.8 Å². The van der Waals surface area contributed by atoms with E-state index in [9.17, 15) is 13.2 Å². The van der Waals surface area contributed by atoms with Gasteiger partial charge in [-0.15, -0.1) is 0 Å². The second kappa shape index (κ2) is 7.12. The lowest BCUT2D eigenvalue weighted by Crippen LogP contribution is -2.42. The van der Waals surface area contributed by atoms with Crippen LogP contribution in [-0.2, 0) is 20.6 Å². The highest BCUT2D eigenvalue weighted by Gasteiger charge is 2.21. The summed E-state index contributed by atoms with van der Waals surface area (Å²) >= 11 is 5.76. The third-order valence-electron chi connectivity index (χ3n) is 2.90. The molecule has 0 fully saturated rings. The Kier molecular flexibility index (Phi) is 5.40. The first-order valence-corrected chi connectivity index (χ1v) is 8.77. The zero-order chi connectivity index (χ0) is 17.0. The van der Waals surface area contributed by atoms with Gasteiger partial charge >= 0.3 is 0 Å². The third kappa shape index (κ3) is 5.34. The van der Waals surface area contributed by atoms with Crippen molar-refractivity contribution in [2.75, 3.05) is 5.32 Å². The smallest absolute Gasteiger partial charge is 0.243 e. The summed E-state index contributed by atoms with van der Waals surface area (Å²) in [5.74, 6) is -0.00398. The zero-order valence-corrected chi connectivity index (χ0v) is 14.1. The lowest BCUT2D eigenvalue weighted by molar-refractivity contribution is -0.117. The van der Waals surface area contributed by atoms with E-state index in [-0.39, 0.29) is 11.6 Å². The fraction of sp³-hybridized carbons (Fsp3) is 0.286. The molecule has 1 atom stereocenters. The van der Waals surface area contributed by atoms with Crippen LogP contribution >= 0.6 is 11.6 Å².